The summed E-state index contributed by atoms with van der Waals surface area (Å²) in [6.45, 7) is 2.12. The highest BCUT2D eigenvalue weighted by molar-refractivity contribution is 5.63. The number of benzene rings is 2. The molecule has 3 aromatic rings. The number of hydrogen-bond donors (Lipinski definition) is 1. The molecule has 1 aliphatic rings. The van der Waals surface area contributed by atoms with Crippen LogP contribution in [0.1, 0.15) is 12.8 Å². The first kappa shape index (κ1) is 15.4. The zero-order valence-electron chi connectivity index (χ0n) is 13.9. The van der Waals surface area contributed by atoms with Crippen molar-refractivity contribution >= 4 is 17.5 Å². The van der Waals surface area contributed by atoms with Gasteiger partial charge in [0.15, 0.2) is 5.75 Å². The zero-order chi connectivity index (χ0) is 16.9. The van der Waals surface area contributed by atoms with Crippen LogP contribution >= 0.6 is 0 Å². The van der Waals surface area contributed by atoms with Gasteiger partial charge in [-0.2, -0.15) is 4.98 Å². The molecule has 0 saturated carbocycles. The van der Waals surface area contributed by atoms with Crippen molar-refractivity contribution in [3.8, 4) is 11.5 Å². The van der Waals surface area contributed by atoms with E-state index in [9.17, 15) is 0 Å². The van der Waals surface area contributed by atoms with E-state index >= 15 is 0 Å². The fourth-order valence-electron chi connectivity index (χ4n) is 2.93. The maximum atomic E-state index is 5.98. The molecule has 0 aliphatic carbocycles. The van der Waals surface area contributed by atoms with Gasteiger partial charge in [-0.05, 0) is 43.2 Å². The number of hydrogen-bond acceptors (Lipinski definition) is 5. The third-order valence-corrected chi connectivity index (χ3v) is 4.18. The lowest BCUT2D eigenvalue weighted by molar-refractivity contribution is 0.485. The molecule has 1 fully saturated rings. The number of nitrogens with zero attached hydrogens (tertiary/aromatic N) is 3. The van der Waals surface area contributed by atoms with E-state index in [2.05, 4.69) is 20.2 Å². The molecule has 2 aromatic carbocycles. The molecule has 4 rings (SSSR count). The Kier molecular flexibility index (Phi) is 4.46. The average Bonchev–Trinajstić information content (AvgIpc) is 3.19. The monoisotopic (exact) mass is 332 g/mol. The fraction of sp³-hybridized carbons (Fsp3) is 0.200. The molecule has 25 heavy (non-hydrogen) atoms. The predicted octanol–water partition coefficient (Wildman–Crippen LogP) is 4.61. The molecule has 0 unspecified atom stereocenters. The van der Waals surface area contributed by atoms with E-state index in [1.54, 1.807) is 6.20 Å². The van der Waals surface area contributed by atoms with Crippen molar-refractivity contribution in [2.75, 3.05) is 23.3 Å². The fourth-order valence-corrected chi connectivity index (χ4v) is 2.93. The van der Waals surface area contributed by atoms with Crippen molar-refractivity contribution in [3.63, 3.8) is 0 Å². The Bertz CT molecular complexity index is 832. The molecule has 0 atom stereocenters. The Morgan fingerprint density at radius 3 is 2.48 bits per heavy atom. The topological polar surface area (TPSA) is 50.3 Å². The first-order valence-corrected chi connectivity index (χ1v) is 8.55. The van der Waals surface area contributed by atoms with Gasteiger partial charge in [0.05, 0.1) is 5.69 Å². The van der Waals surface area contributed by atoms with Crippen LogP contribution in [0.25, 0.3) is 0 Å². The minimum Gasteiger partial charge on any atom is -0.455 e. The molecule has 1 N–H and O–H groups in total. The van der Waals surface area contributed by atoms with Gasteiger partial charge in [0.2, 0.25) is 5.95 Å². The van der Waals surface area contributed by atoms with E-state index in [0.717, 1.165) is 36.1 Å². The van der Waals surface area contributed by atoms with E-state index in [0.29, 0.717) is 5.95 Å². The van der Waals surface area contributed by atoms with E-state index in [4.69, 9.17) is 4.74 Å². The summed E-state index contributed by atoms with van der Waals surface area (Å²) in [5.41, 5.74) is 0.838. The summed E-state index contributed by atoms with van der Waals surface area (Å²) in [6, 6.07) is 19.5. The van der Waals surface area contributed by atoms with Crippen molar-refractivity contribution in [1.29, 1.82) is 0 Å². The first-order chi connectivity index (χ1) is 12.4. The van der Waals surface area contributed by atoms with Crippen molar-refractivity contribution in [2.45, 2.75) is 12.8 Å². The van der Waals surface area contributed by atoms with Crippen molar-refractivity contribution in [3.05, 3.63) is 66.9 Å². The summed E-state index contributed by atoms with van der Waals surface area (Å²) < 4.78 is 5.98. The summed E-state index contributed by atoms with van der Waals surface area (Å²) >= 11 is 0. The van der Waals surface area contributed by atoms with Gasteiger partial charge < -0.3 is 15.0 Å². The molecule has 1 aliphatic heterocycles. The van der Waals surface area contributed by atoms with E-state index in [-0.39, 0.29) is 0 Å². The van der Waals surface area contributed by atoms with Gasteiger partial charge in [-0.25, -0.2) is 4.98 Å². The van der Waals surface area contributed by atoms with Gasteiger partial charge in [-0.15, -0.1) is 0 Å². The zero-order valence-corrected chi connectivity index (χ0v) is 13.9. The molecular formula is C20H20N4O. The Balaban J connectivity index is 1.56. The first-order valence-electron chi connectivity index (χ1n) is 8.55. The van der Waals surface area contributed by atoms with E-state index in [1.165, 1.54) is 12.8 Å². The number of ether oxygens (including phenoxy) is 1. The maximum Gasteiger partial charge on any atom is 0.229 e. The second-order valence-electron chi connectivity index (χ2n) is 5.97. The second kappa shape index (κ2) is 7.21. The van der Waals surface area contributed by atoms with Gasteiger partial charge in [-0.3, -0.25) is 0 Å². The lowest BCUT2D eigenvalue weighted by atomic mass is 10.3. The number of aromatic nitrogens is 2. The van der Waals surface area contributed by atoms with Crippen LogP contribution in [0.5, 0.6) is 11.5 Å². The lowest BCUT2D eigenvalue weighted by Crippen LogP contribution is -2.19. The highest BCUT2D eigenvalue weighted by atomic mass is 16.5. The van der Waals surface area contributed by atoms with Crippen LogP contribution in [0.4, 0.5) is 17.5 Å². The molecule has 2 heterocycles. The van der Waals surface area contributed by atoms with Crippen LogP contribution in [0.15, 0.2) is 66.9 Å². The maximum absolute atomic E-state index is 5.98. The summed E-state index contributed by atoms with van der Waals surface area (Å²) in [5, 5.41) is 3.28. The third-order valence-electron chi connectivity index (χ3n) is 4.18. The predicted molar refractivity (Wildman–Crippen MR) is 99.7 cm³/mol. The highest BCUT2D eigenvalue weighted by Gasteiger charge is 2.14. The Labute approximate surface area is 147 Å². The molecule has 5 heteroatoms. The van der Waals surface area contributed by atoms with E-state index in [1.807, 2.05) is 60.7 Å². The lowest BCUT2D eigenvalue weighted by Gasteiger charge is -2.17. The summed E-state index contributed by atoms with van der Waals surface area (Å²) in [4.78, 5) is 11.3. The third kappa shape index (κ3) is 3.71. The van der Waals surface area contributed by atoms with Crippen molar-refractivity contribution in [2.24, 2.45) is 0 Å². The molecule has 1 saturated heterocycles. The normalized spacial score (nSPS) is 13.7. The van der Waals surface area contributed by atoms with Crippen LogP contribution in [-0.4, -0.2) is 23.1 Å². The molecule has 0 radical (unpaired) electrons. The molecule has 5 nitrogen and oxygen atoms in total. The van der Waals surface area contributed by atoms with Crippen LogP contribution < -0.4 is 15.0 Å². The van der Waals surface area contributed by atoms with E-state index < -0.39 is 0 Å². The van der Waals surface area contributed by atoms with Gasteiger partial charge >= 0.3 is 0 Å². The quantitative estimate of drug-likeness (QED) is 0.739. The van der Waals surface area contributed by atoms with Gasteiger partial charge in [0, 0.05) is 19.3 Å². The Morgan fingerprint density at radius 2 is 1.64 bits per heavy atom. The number of nitrogens with one attached hydrogen (secondary N) is 1. The highest BCUT2D eigenvalue weighted by Crippen LogP contribution is 2.31. The number of anilines is 3. The Hall–Kier alpha value is -3.08. The molecule has 0 bridgehead atoms. The van der Waals surface area contributed by atoms with Gasteiger partial charge in [0.1, 0.15) is 11.6 Å². The second-order valence-corrected chi connectivity index (χ2v) is 5.97. The smallest absolute Gasteiger partial charge is 0.229 e. The molecule has 0 spiro atoms. The Morgan fingerprint density at radius 1 is 0.880 bits per heavy atom. The summed E-state index contributed by atoms with van der Waals surface area (Å²) in [6.07, 6.45) is 4.24. The van der Waals surface area contributed by atoms with Gasteiger partial charge in [0.25, 0.3) is 0 Å². The van der Waals surface area contributed by atoms with Gasteiger partial charge in [-0.1, -0.05) is 30.3 Å². The standard InChI is InChI=1S/C20H20N4O/c1-2-8-16(9-3-1)25-18-11-5-4-10-17(18)22-20-21-13-12-19(23-20)24-14-6-7-15-24/h1-5,8-13H,6-7,14-15H2,(H,21,22,23). The summed E-state index contributed by atoms with van der Waals surface area (Å²) in [7, 11) is 0. The number of para-hydroxylation sites is 3. The SMILES string of the molecule is c1ccc(Oc2ccccc2Nc2nccc(N3CCCC3)n2)cc1. The number of rotatable bonds is 5. The van der Waals surface area contributed by atoms with Crippen LogP contribution in [0.2, 0.25) is 0 Å². The van der Waals surface area contributed by atoms with Crippen LogP contribution in [0.3, 0.4) is 0 Å². The van der Waals surface area contributed by atoms with Crippen molar-refractivity contribution < 1.29 is 4.74 Å². The minimum atomic E-state index is 0.577. The van der Waals surface area contributed by atoms with Crippen LogP contribution in [0, 0.1) is 0 Å². The van der Waals surface area contributed by atoms with Crippen LogP contribution in [-0.2, 0) is 0 Å². The molecule has 1 aromatic heterocycles. The van der Waals surface area contributed by atoms with Crippen molar-refractivity contribution in [1.82, 2.24) is 9.97 Å². The summed E-state index contributed by atoms with van der Waals surface area (Å²) in [5.74, 6) is 3.08. The molecule has 126 valence electrons. The molecule has 0 amide bonds. The average molecular weight is 332 g/mol. The minimum absolute atomic E-state index is 0.577. The largest absolute Gasteiger partial charge is 0.455 e. The molecular weight excluding hydrogens is 312 g/mol.